The molecule has 10 atom stereocenters. The van der Waals surface area contributed by atoms with Gasteiger partial charge >= 0.3 is 16.1 Å². The van der Waals surface area contributed by atoms with Crippen molar-refractivity contribution < 1.29 is 56.9 Å². The van der Waals surface area contributed by atoms with Gasteiger partial charge in [-0.15, -0.1) is 9.42 Å². The molecule has 0 radical (unpaired) electrons. The molecule has 0 bridgehead atoms. The quantitative estimate of drug-likeness (QED) is 0.0833. The molecule has 3 saturated heterocycles. The van der Waals surface area contributed by atoms with Gasteiger partial charge in [-0.2, -0.15) is 4.98 Å². The number of phosphoric ester groups is 1. The van der Waals surface area contributed by atoms with E-state index in [1.807, 2.05) is 0 Å². The smallest absolute Gasteiger partial charge is 0.393 e. The Bertz CT molecular complexity index is 2000. The summed E-state index contributed by atoms with van der Waals surface area (Å²) in [6.07, 6.45) is -6.53. The third kappa shape index (κ3) is 5.06. The average Bonchev–Trinajstić information content (AvgIpc) is 3.72. The Morgan fingerprint density at radius 3 is 2.52 bits per heavy atom. The molecule has 0 amide bonds. The fraction of sp³-hybridized carbons (Fsp3) is 0.524. The molecule has 0 aliphatic carbocycles. The molecule has 0 saturated carbocycles. The summed E-state index contributed by atoms with van der Waals surface area (Å²) in [6, 6.07) is 0. The van der Waals surface area contributed by atoms with Gasteiger partial charge < -0.3 is 40.0 Å². The Labute approximate surface area is 254 Å². The molecule has 25 heteroatoms. The molecule has 7 rings (SSSR count). The zero-order chi connectivity index (χ0) is 32.5. The van der Waals surface area contributed by atoms with Gasteiger partial charge in [-0.1, -0.05) is 0 Å². The lowest BCUT2D eigenvalue weighted by atomic mass is 9.91. The van der Waals surface area contributed by atoms with Crippen LogP contribution in [0.15, 0.2) is 28.6 Å². The van der Waals surface area contributed by atoms with E-state index in [9.17, 15) is 38.7 Å². The molecule has 4 aromatic rings. The number of aromatic nitrogens is 8. The van der Waals surface area contributed by atoms with Gasteiger partial charge in [0.1, 0.15) is 30.0 Å². The van der Waals surface area contributed by atoms with Crippen LogP contribution in [0.25, 0.3) is 22.3 Å². The van der Waals surface area contributed by atoms with Gasteiger partial charge in [-0.3, -0.25) is 32.8 Å². The molecule has 4 aromatic heterocycles. The lowest BCUT2D eigenvalue weighted by molar-refractivity contribution is -0.245. The highest BCUT2D eigenvalue weighted by Gasteiger charge is 2.65. The molecule has 3 fully saturated rings. The number of nitrogens with two attached hydrogens (primary N) is 1. The molecular formula is C21H24N9O14P2+. The molecule has 8 N–H and O–H groups in total. The van der Waals surface area contributed by atoms with E-state index in [1.54, 1.807) is 0 Å². The van der Waals surface area contributed by atoms with E-state index in [1.165, 1.54) is 15.5 Å². The minimum atomic E-state index is -5.11. The molecular weight excluding hydrogens is 664 g/mol. The topological polar surface area (TPSA) is 324 Å². The van der Waals surface area contributed by atoms with Crippen LogP contribution >= 0.6 is 16.1 Å². The number of aromatic amines is 2. The van der Waals surface area contributed by atoms with Crippen LogP contribution in [-0.2, 0) is 36.9 Å². The number of ether oxygens (including phenoxy) is 3. The molecule has 0 aromatic carbocycles. The van der Waals surface area contributed by atoms with Crippen molar-refractivity contribution in [3.8, 4) is 0 Å². The summed E-state index contributed by atoms with van der Waals surface area (Å²) in [5, 5.41) is 21.0. The van der Waals surface area contributed by atoms with Gasteiger partial charge in [0.25, 0.3) is 11.1 Å². The first kappa shape index (κ1) is 31.1. The second-order valence-corrected chi connectivity index (χ2v) is 12.6. The van der Waals surface area contributed by atoms with Crippen LogP contribution in [0.4, 0.5) is 5.95 Å². The summed E-state index contributed by atoms with van der Waals surface area (Å²) < 4.78 is 60.2. The maximum absolute atomic E-state index is 13.3. The maximum Gasteiger partial charge on any atom is 0.695 e. The van der Waals surface area contributed by atoms with Gasteiger partial charge in [-0.25, -0.2) is 19.5 Å². The number of nitrogens with one attached hydrogen (secondary N) is 2. The predicted molar refractivity (Wildman–Crippen MR) is 146 cm³/mol. The normalized spacial score (nSPS) is 32.4. The monoisotopic (exact) mass is 688 g/mol. The fourth-order valence-electron chi connectivity index (χ4n) is 5.66. The highest BCUT2D eigenvalue weighted by molar-refractivity contribution is 7.47. The molecule has 2 unspecified atom stereocenters. The van der Waals surface area contributed by atoms with Gasteiger partial charge in [0.05, 0.1) is 38.8 Å². The Kier molecular flexibility index (Phi) is 7.62. The Morgan fingerprint density at radius 1 is 1.13 bits per heavy atom. The van der Waals surface area contributed by atoms with E-state index in [-0.39, 0.29) is 34.9 Å². The second-order valence-electron chi connectivity index (χ2n) is 10.5. The summed E-state index contributed by atoms with van der Waals surface area (Å²) in [6.45, 7) is -1.49. The fourth-order valence-corrected chi connectivity index (χ4v) is 7.05. The highest BCUT2D eigenvalue weighted by atomic mass is 31.2. The third-order valence-electron chi connectivity index (χ3n) is 7.77. The van der Waals surface area contributed by atoms with Crippen molar-refractivity contribution in [3.63, 3.8) is 0 Å². The van der Waals surface area contributed by atoms with Crippen molar-refractivity contribution in [1.29, 1.82) is 0 Å². The number of anilines is 1. The van der Waals surface area contributed by atoms with Crippen molar-refractivity contribution >= 4 is 44.4 Å². The number of rotatable bonds is 10. The molecule has 3 aliphatic heterocycles. The number of imidazole rings is 2. The van der Waals surface area contributed by atoms with Gasteiger partial charge in [-0.05, 0) is 0 Å². The lowest BCUT2D eigenvalue weighted by Crippen LogP contribution is -2.61. The first-order valence-electron chi connectivity index (χ1n) is 13.3. The van der Waals surface area contributed by atoms with E-state index in [4.69, 9.17) is 33.5 Å². The van der Waals surface area contributed by atoms with Crippen molar-refractivity contribution in [2.24, 2.45) is 0 Å². The predicted octanol–water partition coefficient (Wildman–Crippen LogP) is -2.71. The number of nitrogens with zero attached hydrogens (tertiary/aromatic N) is 6. The van der Waals surface area contributed by atoms with E-state index in [0.717, 1.165) is 12.7 Å². The van der Waals surface area contributed by atoms with Crippen molar-refractivity contribution in [3.05, 3.63) is 39.7 Å². The zero-order valence-corrected chi connectivity index (χ0v) is 24.7. The molecule has 3 aliphatic rings. The Balaban J connectivity index is 1.13. The first-order valence-corrected chi connectivity index (χ1v) is 15.9. The van der Waals surface area contributed by atoms with Crippen LogP contribution in [0.1, 0.15) is 12.5 Å². The van der Waals surface area contributed by atoms with Crippen LogP contribution in [0.2, 0.25) is 0 Å². The molecule has 246 valence electrons. The Morgan fingerprint density at radius 2 is 1.85 bits per heavy atom. The lowest BCUT2D eigenvalue weighted by Gasteiger charge is -2.42. The van der Waals surface area contributed by atoms with Crippen LogP contribution in [0.3, 0.4) is 0 Å². The minimum Gasteiger partial charge on any atom is -0.393 e. The summed E-state index contributed by atoms with van der Waals surface area (Å²) in [7, 11) is -8.40. The number of aliphatic hydroxyl groups is 2. The maximum atomic E-state index is 13.3. The van der Waals surface area contributed by atoms with Crippen molar-refractivity contribution in [2.45, 2.75) is 48.6 Å². The van der Waals surface area contributed by atoms with E-state index >= 15 is 0 Å². The summed E-state index contributed by atoms with van der Waals surface area (Å²) in [5.41, 5.74) is 2.84. The largest absolute Gasteiger partial charge is 0.695 e. The summed E-state index contributed by atoms with van der Waals surface area (Å²) >= 11 is 0. The Hall–Kier alpha value is -3.57. The average molecular weight is 688 g/mol. The zero-order valence-electron chi connectivity index (χ0n) is 22.9. The highest BCUT2D eigenvalue weighted by Crippen LogP contribution is 2.55. The third-order valence-corrected chi connectivity index (χ3v) is 9.18. The summed E-state index contributed by atoms with van der Waals surface area (Å²) in [4.78, 5) is 65.2. The molecule has 46 heavy (non-hydrogen) atoms. The van der Waals surface area contributed by atoms with Crippen molar-refractivity contribution in [2.75, 3.05) is 25.6 Å². The molecule has 23 nitrogen and oxygen atoms in total. The van der Waals surface area contributed by atoms with Gasteiger partial charge in [0, 0.05) is 4.57 Å². The number of hydrogen-bond acceptors (Lipinski definition) is 17. The number of phosphoric acid groups is 1. The van der Waals surface area contributed by atoms with E-state index in [2.05, 4.69) is 29.9 Å². The van der Waals surface area contributed by atoms with Crippen LogP contribution in [0, 0.1) is 0 Å². The number of nitrogen functional groups attached to an aromatic ring is 1. The van der Waals surface area contributed by atoms with Gasteiger partial charge in [0.2, 0.25) is 5.95 Å². The van der Waals surface area contributed by atoms with Crippen LogP contribution in [-0.4, -0.2) is 115 Å². The standard InChI is InChI=1S/C21H23N9O14P2/c22-20-27-15-9(17(34)28-20)26-6-30(15)19-12(13-21(2-31,42-19)3-39-13)44-46(37,38)40-1-7-11(43-45(35)36)10(32)18(41-7)29-5-25-8-14(29)23-4-24-16(8)33/h4-7,10-13,18-19,31-32H,1-3H2,(H5-,22,23,24,27,28,33,34,35,36,37,38)/p+1/t7-,10-,11-,12-,13+,18-,19-,21+/m1/s1. The van der Waals surface area contributed by atoms with Crippen LogP contribution in [0.5, 0.6) is 0 Å². The van der Waals surface area contributed by atoms with Crippen molar-refractivity contribution in [1.82, 2.24) is 39.0 Å². The minimum absolute atomic E-state index is 0.00284. The van der Waals surface area contributed by atoms with Gasteiger partial charge in [0.15, 0.2) is 40.9 Å². The number of aliphatic hydroxyl groups excluding tert-OH is 2. The number of hydrogen-bond donors (Lipinski definition) is 7. The van der Waals surface area contributed by atoms with E-state index < -0.39 is 89.0 Å². The second kappa shape index (κ2) is 11.3. The number of H-pyrrole nitrogens is 2. The summed E-state index contributed by atoms with van der Waals surface area (Å²) in [5.74, 6) is -0.244. The molecule has 7 heterocycles. The molecule has 0 spiro atoms. The van der Waals surface area contributed by atoms with Crippen LogP contribution < -0.4 is 16.9 Å². The SMILES string of the molecule is Nc1nc2c(ncn2[C@@H]2O[C@@]3(CO)CO[C@H]3[C@H]2OP(=O)(O)OC[C@H]2O[C@@H](n3cnc4c(=O)[nH]cnc43)[C@H](O)[C@@H]2O[P+](=O)O)c(=O)[nH]1. The first-order chi connectivity index (χ1) is 21.9. The number of fused-ring (bicyclic) bond motifs is 3. The van der Waals surface area contributed by atoms with E-state index in [0.29, 0.717) is 0 Å².